The van der Waals surface area contributed by atoms with E-state index in [0.717, 1.165) is 21.6 Å². The molecule has 0 saturated heterocycles. The molecule has 1 N–H and O–H groups in total. The van der Waals surface area contributed by atoms with Gasteiger partial charge in [0.1, 0.15) is 0 Å². The van der Waals surface area contributed by atoms with Gasteiger partial charge in [-0.2, -0.15) is 0 Å². The van der Waals surface area contributed by atoms with E-state index in [2.05, 4.69) is 50.2 Å². The lowest BCUT2D eigenvalue weighted by Gasteiger charge is -2.23. The Balaban J connectivity index is 1.93. The minimum Gasteiger partial charge on any atom is -0.325 e. The van der Waals surface area contributed by atoms with Crippen LogP contribution in [-0.4, -0.2) is 5.91 Å². The Labute approximate surface area is 130 Å². The number of carbonyl (C=O) groups excluding carboxylic acids is 1. The first-order valence-corrected chi connectivity index (χ1v) is 8.53. The number of alkyl halides is 1. The molecular weight excluding hydrogens is 370 g/mol. The van der Waals surface area contributed by atoms with Crippen molar-refractivity contribution < 1.29 is 4.79 Å². The van der Waals surface area contributed by atoms with Crippen molar-refractivity contribution in [1.82, 2.24) is 0 Å². The van der Waals surface area contributed by atoms with Crippen LogP contribution in [0.5, 0.6) is 0 Å². The van der Waals surface area contributed by atoms with Crippen LogP contribution in [0.3, 0.4) is 0 Å². The quantitative estimate of drug-likeness (QED) is 0.725. The maximum Gasteiger partial charge on any atom is 0.228 e. The molecule has 0 radical (unpaired) electrons. The number of nitrogens with one attached hydrogen (secondary N) is 1. The van der Waals surface area contributed by atoms with Crippen molar-refractivity contribution in [3.63, 3.8) is 0 Å². The van der Waals surface area contributed by atoms with E-state index >= 15 is 0 Å². The molecule has 0 aromatic heterocycles. The van der Waals surface area contributed by atoms with Gasteiger partial charge in [-0.3, -0.25) is 4.79 Å². The topological polar surface area (TPSA) is 29.1 Å². The van der Waals surface area contributed by atoms with Crippen LogP contribution in [0.4, 0.5) is 5.69 Å². The van der Waals surface area contributed by atoms with Gasteiger partial charge in [0.15, 0.2) is 0 Å². The molecule has 19 heavy (non-hydrogen) atoms. The second kappa shape index (κ2) is 5.21. The van der Waals surface area contributed by atoms with E-state index in [4.69, 9.17) is 0 Å². The zero-order valence-electron chi connectivity index (χ0n) is 10.9. The summed E-state index contributed by atoms with van der Waals surface area (Å²) < 4.78 is 1.09. The van der Waals surface area contributed by atoms with E-state index in [-0.39, 0.29) is 5.91 Å². The minimum absolute atomic E-state index is 0.0967. The summed E-state index contributed by atoms with van der Waals surface area (Å²) in [5, 5.41) is 2.90. The molecule has 102 valence electrons. The molecule has 1 saturated carbocycles. The number of hydrogen-bond donors (Lipinski definition) is 1. The smallest absolute Gasteiger partial charge is 0.228 e. The number of fused-ring (bicyclic) bond motifs is 1. The summed E-state index contributed by atoms with van der Waals surface area (Å²) in [6.07, 6.45) is 4.46. The number of benzene rings is 1. The Morgan fingerprint density at radius 2 is 2.16 bits per heavy atom. The van der Waals surface area contributed by atoms with Crippen LogP contribution in [0, 0.1) is 11.8 Å². The molecule has 1 fully saturated rings. The number of carbonyl (C=O) groups is 1. The van der Waals surface area contributed by atoms with Crippen LogP contribution in [0.25, 0.3) is 0 Å². The largest absolute Gasteiger partial charge is 0.325 e. The van der Waals surface area contributed by atoms with Gasteiger partial charge >= 0.3 is 0 Å². The summed E-state index contributed by atoms with van der Waals surface area (Å²) in [5.74, 6) is 1.56. The van der Waals surface area contributed by atoms with Gasteiger partial charge in [0.2, 0.25) is 5.91 Å². The van der Waals surface area contributed by atoms with E-state index in [1.807, 2.05) is 6.07 Å². The Hall–Kier alpha value is -0.350. The first-order chi connectivity index (χ1) is 9.06. The van der Waals surface area contributed by atoms with Crippen molar-refractivity contribution in [3.8, 4) is 0 Å². The molecule has 0 bridgehead atoms. The maximum atomic E-state index is 11.5. The first-order valence-electron chi connectivity index (χ1n) is 6.82. The molecule has 3 atom stereocenters. The van der Waals surface area contributed by atoms with Gasteiger partial charge in [-0.05, 0) is 35.4 Å². The molecule has 1 heterocycles. The molecule has 1 aliphatic carbocycles. The Kier molecular flexibility index (Phi) is 3.73. The zero-order valence-corrected chi connectivity index (χ0v) is 14.1. The van der Waals surface area contributed by atoms with Gasteiger partial charge in [-0.25, -0.2) is 0 Å². The third-order valence-electron chi connectivity index (χ3n) is 4.45. The number of amides is 1. The third kappa shape index (κ3) is 2.49. The van der Waals surface area contributed by atoms with Crippen LogP contribution in [0.1, 0.15) is 42.1 Å². The molecule has 3 unspecified atom stereocenters. The maximum absolute atomic E-state index is 11.5. The van der Waals surface area contributed by atoms with Gasteiger partial charge in [0.25, 0.3) is 0 Å². The minimum atomic E-state index is 0.0967. The molecular formula is C15H17Br2NO. The molecule has 3 rings (SSSR count). The first kappa shape index (κ1) is 13.6. The van der Waals surface area contributed by atoms with E-state index in [0.29, 0.717) is 17.2 Å². The van der Waals surface area contributed by atoms with Crippen molar-refractivity contribution in [2.75, 3.05) is 5.32 Å². The predicted molar refractivity (Wildman–Crippen MR) is 84.6 cm³/mol. The lowest BCUT2D eigenvalue weighted by Crippen LogP contribution is -2.11. The van der Waals surface area contributed by atoms with Crippen molar-refractivity contribution in [2.45, 2.75) is 37.4 Å². The predicted octanol–water partition coefficient (Wildman–Crippen LogP) is 4.82. The van der Waals surface area contributed by atoms with Crippen molar-refractivity contribution >= 4 is 43.5 Å². The lowest BCUT2D eigenvalue weighted by molar-refractivity contribution is -0.115. The Morgan fingerprint density at radius 3 is 2.84 bits per heavy atom. The monoisotopic (exact) mass is 385 g/mol. The standard InChI is InChI=1S/C15H17Br2NO/c1-8-3-2-4-10(8)15(17)11-5-9-6-14(19)18-13(9)7-12(11)16/h5,7-8,10,15H,2-4,6H2,1H3,(H,18,19). The number of hydrogen-bond acceptors (Lipinski definition) is 1. The summed E-state index contributed by atoms with van der Waals surface area (Å²) in [6.45, 7) is 2.35. The average molecular weight is 387 g/mol. The second-order valence-electron chi connectivity index (χ2n) is 5.73. The highest BCUT2D eigenvalue weighted by atomic mass is 79.9. The molecule has 4 heteroatoms. The van der Waals surface area contributed by atoms with Crippen molar-refractivity contribution in [2.24, 2.45) is 11.8 Å². The molecule has 1 aromatic carbocycles. The van der Waals surface area contributed by atoms with Gasteiger partial charge in [-0.15, -0.1) is 0 Å². The normalized spacial score (nSPS) is 27.2. The molecule has 0 spiro atoms. The zero-order chi connectivity index (χ0) is 13.6. The van der Waals surface area contributed by atoms with Gasteiger partial charge in [0, 0.05) is 15.0 Å². The molecule has 1 aromatic rings. The molecule has 2 aliphatic rings. The highest BCUT2D eigenvalue weighted by molar-refractivity contribution is 9.11. The lowest BCUT2D eigenvalue weighted by atomic mass is 9.90. The van der Waals surface area contributed by atoms with E-state index in [9.17, 15) is 4.79 Å². The van der Waals surface area contributed by atoms with Gasteiger partial charge < -0.3 is 5.32 Å². The highest BCUT2D eigenvalue weighted by Gasteiger charge is 2.32. The highest BCUT2D eigenvalue weighted by Crippen LogP contribution is 2.47. The molecule has 1 aliphatic heterocycles. The summed E-state index contributed by atoms with van der Waals surface area (Å²) in [6, 6.07) is 4.23. The van der Waals surface area contributed by atoms with E-state index in [1.165, 1.54) is 24.8 Å². The number of halogens is 2. The SMILES string of the molecule is CC1CCCC1C(Br)c1cc2c(cc1Br)NC(=O)C2. The summed E-state index contributed by atoms with van der Waals surface area (Å²) in [5.41, 5.74) is 3.37. The van der Waals surface area contributed by atoms with Crippen LogP contribution in [-0.2, 0) is 11.2 Å². The number of anilines is 1. The Morgan fingerprint density at radius 1 is 1.37 bits per heavy atom. The summed E-state index contributed by atoms with van der Waals surface area (Å²) in [7, 11) is 0. The van der Waals surface area contributed by atoms with Crippen LogP contribution < -0.4 is 5.32 Å². The van der Waals surface area contributed by atoms with Crippen molar-refractivity contribution in [3.05, 3.63) is 27.7 Å². The van der Waals surface area contributed by atoms with Crippen LogP contribution in [0.2, 0.25) is 0 Å². The van der Waals surface area contributed by atoms with Crippen molar-refractivity contribution in [1.29, 1.82) is 0 Å². The van der Waals surface area contributed by atoms with Crippen LogP contribution >= 0.6 is 31.9 Å². The summed E-state index contributed by atoms with van der Waals surface area (Å²) >= 11 is 7.55. The van der Waals surface area contributed by atoms with Gasteiger partial charge in [-0.1, -0.05) is 57.7 Å². The average Bonchev–Trinajstić information content (AvgIpc) is 2.92. The fourth-order valence-corrected chi connectivity index (χ4v) is 5.38. The fraction of sp³-hybridized carbons (Fsp3) is 0.533. The second-order valence-corrected chi connectivity index (χ2v) is 7.57. The fourth-order valence-electron chi connectivity index (χ4n) is 3.32. The molecule has 2 nitrogen and oxygen atoms in total. The summed E-state index contributed by atoms with van der Waals surface area (Å²) in [4.78, 5) is 11.8. The molecule has 1 amide bonds. The Bertz CT molecular complexity index is 529. The van der Waals surface area contributed by atoms with Crippen LogP contribution in [0.15, 0.2) is 16.6 Å². The van der Waals surface area contributed by atoms with Gasteiger partial charge in [0.05, 0.1) is 6.42 Å². The van der Waals surface area contributed by atoms with E-state index in [1.54, 1.807) is 0 Å². The van der Waals surface area contributed by atoms with E-state index < -0.39 is 0 Å². The third-order valence-corrected chi connectivity index (χ3v) is 6.31. The number of rotatable bonds is 2.